The van der Waals surface area contributed by atoms with Crippen LogP contribution in [0.1, 0.15) is 0 Å². The minimum absolute atomic E-state index is 0. The van der Waals surface area contributed by atoms with Gasteiger partial charge in [0.1, 0.15) is 0 Å². The molecule has 0 aliphatic rings. The summed E-state index contributed by atoms with van der Waals surface area (Å²) in [5, 5.41) is 0. The van der Waals surface area contributed by atoms with Gasteiger partial charge in [-0.1, -0.05) is 0 Å². The quantitative estimate of drug-likeness (QED) is 0.430. The van der Waals surface area contributed by atoms with Crippen LogP contribution in [0, 0.1) is 0 Å². The van der Waals surface area contributed by atoms with E-state index < -0.39 is 0 Å². The third-order valence-electron chi connectivity index (χ3n) is 0.951. The Morgan fingerprint density at radius 2 is 2.00 bits per heavy atom. The molecule has 0 radical (unpaired) electrons. The number of rotatable bonds is 0. The number of hydrogen-bond donors (Lipinski definition) is 1. The van der Waals surface area contributed by atoms with Gasteiger partial charge in [0.15, 0.2) is 0 Å². The summed E-state index contributed by atoms with van der Waals surface area (Å²) in [6.07, 6.45) is 0. The second-order valence-corrected chi connectivity index (χ2v) is 3.46. The van der Waals surface area contributed by atoms with E-state index in [-0.39, 0.29) is 24.0 Å². The molecule has 0 aromatic heterocycles. The van der Waals surface area contributed by atoms with Crippen molar-refractivity contribution in [1.29, 1.82) is 0 Å². The number of benzene rings is 1. The Bertz CT molecular complexity index is 173. The molecular formula is C6H7INZn. The third-order valence-corrected chi connectivity index (χ3v) is 1.87. The Kier molecular flexibility index (Phi) is 4.41. The first-order valence-corrected chi connectivity index (χ1v) is 3.95. The summed E-state index contributed by atoms with van der Waals surface area (Å²) in [5.41, 5.74) is 6.35. The maximum absolute atomic E-state index is 5.48. The van der Waals surface area contributed by atoms with Gasteiger partial charge in [-0.3, -0.25) is 0 Å². The Hall–Kier alpha value is 0.373. The predicted molar refractivity (Wildman–Crippen MR) is 45.9 cm³/mol. The molecule has 0 fully saturated rings. The zero-order chi connectivity index (χ0) is 5.98. The van der Waals surface area contributed by atoms with Crippen LogP contribution >= 0.6 is 24.0 Å². The molecule has 0 atom stereocenters. The van der Waals surface area contributed by atoms with Crippen molar-refractivity contribution in [3.63, 3.8) is 0 Å². The standard InChI is InChI=1S/C6H6N.HI.Zn/c7-6-4-2-1-3-5-6;;/h1-2,4-5H,7H2;1H;. The number of nitrogen functional groups attached to an aromatic ring is 1. The average molecular weight is 285 g/mol. The molecule has 1 nitrogen and oxygen atoms in total. The Balaban J connectivity index is 0.000000640. The molecule has 0 amide bonds. The van der Waals surface area contributed by atoms with Gasteiger partial charge < -0.3 is 0 Å². The van der Waals surface area contributed by atoms with E-state index in [1.807, 2.05) is 18.2 Å². The molecule has 9 heavy (non-hydrogen) atoms. The van der Waals surface area contributed by atoms with E-state index in [9.17, 15) is 0 Å². The van der Waals surface area contributed by atoms with E-state index >= 15 is 0 Å². The summed E-state index contributed by atoms with van der Waals surface area (Å²) in [5.74, 6) is 0. The van der Waals surface area contributed by atoms with E-state index in [2.05, 4.69) is 6.07 Å². The zero-order valence-corrected chi connectivity index (χ0v) is 10.3. The van der Waals surface area contributed by atoms with Crippen molar-refractivity contribution in [1.82, 2.24) is 0 Å². The van der Waals surface area contributed by atoms with Crippen molar-refractivity contribution < 1.29 is 18.3 Å². The molecule has 0 heterocycles. The summed E-state index contributed by atoms with van der Waals surface area (Å²) in [6.45, 7) is 0. The Labute approximate surface area is 81.7 Å². The topological polar surface area (TPSA) is 26.0 Å². The molecule has 1 aromatic carbocycles. The summed E-state index contributed by atoms with van der Waals surface area (Å²) in [4.78, 5) is 0. The Morgan fingerprint density at radius 1 is 1.33 bits per heavy atom. The van der Waals surface area contributed by atoms with Gasteiger partial charge in [0.2, 0.25) is 0 Å². The average Bonchev–Trinajstić information content (AvgIpc) is 1.64. The van der Waals surface area contributed by atoms with Gasteiger partial charge in [-0.25, -0.2) is 0 Å². The van der Waals surface area contributed by atoms with Crippen molar-refractivity contribution in [2.45, 2.75) is 0 Å². The molecule has 1 aromatic rings. The molecule has 3 heteroatoms. The third kappa shape index (κ3) is 3.16. The first-order valence-electron chi connectivity index (χ1n) is 2.46. The summed E-state index contributed by atoms with van der Waals surface area (Å²) in [7, 11) is 0. The summed E-state index contributed by atoms with van der Waals surface area (Å²) in [6, 6.07) is 7.96. The van der Waals surface area contributed by atoms with Gasteiger partial charge >= 0.3 is 58.1 Å². The van der Waals surface area contributed by atoms with Crippen LogP contribution < -0.4 is 9.89 Å². The molecule has 0 aliphatic heterocycles. The summed E-state index contributed by atoms with van der Waals surface area (Å²) >= 11 is 1.19. The van der Waals surface area contributed by atoms with Crippen LogP contribution in [-0.2, 0) is 18.3 Å². The monoisotopic (exact) mass is 284 g/mol. The molecule has 0 bridgehead atoms. The predicted octanol–water partition coefficient (Wildman–Crippen LogP) is 1.06. The zero-order valence-electron chi connectivity index (χ0n) is 5.00. The van der Waals surface area contributed by atoms with Crippen molar-refractivity contribution >= 4 is 33.8 Å². The van der Waals surface area contributed by atoms with Crippen LogP contribution in [0.15, 0.2) is 24.3 Å². The first kappa shape index (κ1) is 9.37. The normalized spacial score (nSPS) is 8.22. The minimum atomic E-state index is 0. The van der Waals surface area contributed by atoms with Crippen molar-refractivity contribution in [2.75, 3.05) is 5.73 Å². The fraction of sp³-hybridized carbons (Fsp3) is 0. The molecule has 2 N–H and O–H groups in total. The molecule has 0 saturated carbocycles. The molecule has 1 rings (SSSR count). The van der Waals surface area contributed by atoms with E-state index in [4.69, 9.17) is 5.73 Å². The summed E-state index contributed by atoms with van der Waals surface area (Å²) < 4.78 is 1.34. The van der Waals surface area contributed by atoms with Gasteiger partial charge in [-0.2, -0.15) is 0 Å². The van der Waals surface area contributed by atoms with Crippen LogP contribution in [-0.4, -0.2) is 0 Å². The van der Waals surface area contributed by atoms with Gasteiger partial charge in [0.25, 0.3) is 0 Å². The number of hydrogen-bond acceptors (Lipinski definition) is 1. The van der Waals surface area contributed by atoms with E-state index in [0.717, 1.165) is 5.69 Å². The van der Waals surface area contributed by atoms with Crippen molar-refractivity contribution in [3.8, 4) is 0 Å². The van der Waals surface area contributed by atoms with Gasteiger partial charge in [-0.15, -0.1) is 24.0 Å². The fourth-order valence-corrected chi connectivity index (χ4v) is 1.37. The number of anilines is 1. The van der Waals surface area contributed by atoms with Crippen LogP contribution in [0.25, 0.3) is 0 Å². The first-order chi connectivity index (χ1) is 3.79. The van der Waals surface area contributed by atoms with E-state index in [0.29, 0.717) is 0 Å². The second-order valence-electron chi connectivity index (χ2n) is 1.75. The molecule has 0 unspecified atom stereocenters. The van der Waals surface area contributed by atoms with Gasteiger partial charge in [-0.05, 0) is 0 Å². The maximum atomic E-state index is 5.48. The molecule has 45 valence electrons. The number of nitrogens with two attached hydrogens (primary N) is 1. The van der Waals surface area contributed by atoms with Crippen LogP contribution in [0.4, 0.5) is 5.69 Å². The van der Waals surface area contributed by atoms with Gasteiger partial charge in [0, 0.05) is 0 Å². The van der Waals surface area contributed by atoms with Crippen LogP contribution in [0.5, 0.6) is 0 Å². The van der Waals surface area contributed by atoms with Crippen LogP contribution in [0.3, 0.4) is 0 Å². The molecule has 0 saturated heterocycles. The molecule has 0 spiro atoms. The molecular weight excluding hydrogens is 278 g/mol. The van der Waals surface area contributed by atoms with Crippen LogP contribution in [0.2, 0.25) is 0 Å². The SMILES string of the molecule is I.Nc1ccc[c]([Zn])c1. The fourth-order valence-electron chi connectivity index (χ4n) is 0.593. The van der Waals surface area contributed by atoms with E-state index in [1.165, 1.54) is 22.5 Å². The van der Waals surface area contributed by atoms with Gasteiger partial charge in [0.05, 0.1) is 0 Å². The number of halogens is 1. The second kappa shape index (κ2) is 4.23. The molecule has 0 aliphatic carbocycles. The van der Waals surface area contributed by atoms with E-state index in [1.54, 1.807) is 0 Å². The van der Waals surface area contributed by atoms with Crippen molar-refractivity contribution in [3.05, 3.63) is 24.3 Å². The Morgan fingerprint density at radius 3 is 2.33 bits per heavy atom. The van der Waals surface area contributed by atoms with Crippen molar-refractivity contribution in [2.24, 2.45) is 0 Å².